The van der Waals surface area contributed by atoms with Crippen LogP contribution in [0.4, 0.5) is 0 Å². The van der Waals surface area contributed by atoms with E-state index in [9.17, 15) is 4.79 Å². The van der Waals surface area contributed by atoms with Crippen molar-refractivity contribution in [3.05, 3.63) is 12.2 Å². The fourth-order valence-electron chi connectivity index (χ4n) is 1.34. The van der Waals surface area contributed by atoms with Crippen molar-refractivity contribution in [1.29, 1.82) is 0 Å². The fraction of sp³-hybridized carbons (Fsp3) is 0.750. The molecule has 1 heteroatoms. The fourth-order valence-corrected chi connectivity index (χ4v) is 1.34. The number of ketones is 1. The first kappa shape index (κ1) is 12.4. The Balaban J connectivity index is 3.95. The highest BCUT2D eigenvalue weighted by molar-refractivity contribution is 5.87. The minimum Gasteiger partial charge on any atom is -0.295 e. The molecule has 0 bridgehead atoms. The quantitative estimate of drug-likeness (QED) is 0.574. The molecule has 0 amide bonds. The number of carbonyl (C=O) groups is 1. The monoisotopic (exact) mass is 182 g/mol. The van der Waals surface area contributed by atoms with Crippen LogP contribution in [0, 0.1) is 11.8 Å². The summed E-state index contributed by atoms with van der Waals surface area (Å²) in [6.07, 6.45) is 7.33. The standard InChI is InChI=1S/C12H22O/c1-5-10(3)9-12(6-2)8-7-11(4)13/h7-8,10,12H,5-6,9H2,1-4H3/b8-7+. The molecule has 0 N–H and O–H groups in total. The Kier molecular flexibility index (Phi) is 6.56. The summed E-state index contributed by atoms with van der Waals surface area (Å²) in [6.45, 7) is 8.26. The third kappa shape index (κ3) is 6.56. The smallest absolute Gasteiger partial charge is 0.152 e. The number of rotatable bonds is 6. The van der Waals surface area contributed by atoms with Gasteiger partial charge in [0.05, 0.1) is 0 Å². The minimum absolute atomic E-state index is 0.155. The van der Waals surface area contributed by atoms with Crippen molar-refractivity contribution in [3.63, 3.8) is 0 Å². The molecule has 0 aliphatic heterocycles. The van der Waals surface area contributed by atoms with Crippen LogP contribution >= 0.6 is 0 Å². The third-order valence-corrected chi connectivity index (χ3v) is 2.53. The maximum atomic E-state index is 10.7. The zero-order chi connectivity index (χ0) is 10.3. The highest BCUT2D eigenvalue weighted by Gasteiger charge is 2.06. The average molecular weight is 182 g/mol. The molecule has 0 aliphatic carbocycles. The van der Waals surface area contributed by atoms with Crippen molar-refractivity contribution < 1.29 is 4.79 Å². The summed E-state index contributed by atoms with van der Waals surface area (Å²) in [5.41, 5.74) is 0. The molecule has 0 aromatic carbocycles. The number of carbonyl (C=O) groups excluding carboxylic acids is 1. The molecule has 76 valence electrons. The van der Waals surface area contributed by atoms with Gasteiger partial charge in [-0.2, -0.15) is 0 Å². The van der Waals surface area contributed by atoms with Crippen LogP contribution < -0.4 is 0 Å². The third-order valence-electron chi connectivity index (χ3n) is 2.53. The van der Waals surface area contributed by atoms with Crippen molar-refractivity contribution in [3.8, 4) is 0 Å². The predicted molar refractivity (Wildman–Crippen MR) is 57.7 cm³/mol. The molecule has 0 radical (unpaired) electrons. The molecule has 0 heterocycles. The van der Waals surface area contributed by atoms with Gasteiger partial charge < -0.3 is 0 Å². The summed E-state index contributed by atoms with van der Waals surface area (Å²) in [7, 11) is 0. The van der Waals surface area contributed by atoms with Crippen molar-refractivity contribution in [1.82, 2.24) is 0 Å². The van der Waals surface area contributed by atoms with E-state index < -0.39 is 0 Å². The molecule has 0 fully saturated rings. The van der Waals surface area contributed by atoms with Gasteiger partial charge in [-0.1, -0.05) is 33.3 Å². The number of hydrogen-bond acceptors (Lipinski definition) is 1. The summed E-state index contributed by atoms with van der Waals surface area (Å²) in [5.74, 6) is 1.50. The first-order valence-corrected chi connectivity index (χ1v) is 5.28. The first-order valence-electron chi connectivity index (χ1n) is 5.28. The second-order valence-electron chi connectivity index (χ2n) is 3.89. The van der Waals surface area contributed by atoms with Crippen LogP contribution in [0.5, 0.6) is 0 Å². The van der Waals surface area contributed by atoms with Crippen LogP contribution in [0.25, 0.3) is 0 Å². The van der Waals surface area contributed by atoms with E-state index in [1.165, 1.54) is 12.8 Å². The van der Waals surface area contributed by atoms with Gasteiger partial charge in [-0.05, 0) is 37.7 Å². The maximum Gasteiger partial charge on any atom is 0.152 e. The van der Waals surface area contributed by atoms with Crippen molar-refractivity contribution >= 4 is 5.78 Å². The van der Waals surface area contributed by atoms with E-state index in [4.69, 9.17) is 0 Å². The highest BCUT2D eigenvalue weighted by Crippen LogP contribution is 2.18. The Hall–Kier alpha value is -0.590. The van der Waals surface area contributed by atoms with Gasteiger partial charge in [-0.15, -0.1) is 0 Å². The van der Waals surface area contributed by atoms with Crippen molar-refractivity contribution in [2.45, 2.75) is 47.0 Å². The highest BCUT2D eigenvalue weighted by atomic mass is 16.1. The molecule has 1 nitrogen and oxygen atoms in total. The van der Waals surface area contributed by atoms with E-state index in [-0.39, 0.29) is 5.78 Å². The second-order valence-corrected chi connectivity index (χ2v) is 3.89. The van der Waals surface area contributed by atoms with E-state index in [1.807, 2.05) is 0 Å². The van der Waals surface area contributed by atoms with E-state index in [2.05, 4.69) is 26.8 Å². The Morgan fingerprint density at radius 1 is 1.31 bits per heavy atom. The molecule has 13 heavy (non-hydrogen) atoms. The summed E-state index contributed by atoms with van der Waals surface area (Å²) in [6, 6.07) is 0. The molecule has 0 aliphatic rings. The molecule has 0 rings (SSSR count). The van der Waals surface area contributed by atoms with E-state index in [1.54, 1.807) is 13.0 Å². The molecule has 0 saturated heterocycles. The molecule has 2 atom stereocenters. The first-order chi connectivity index (χ1) is 6.10. The van der Waals surface area contributed by atoms with Gasteiger partial charge in [0.15, 0.2) is 5.78 Å². The van der Waals surface area contributed by atoms with Gasteiger partial charge >= 0.3 is 0 Å². The summed E-state index contributed by atoms with van der Waals surface area (Å²) >= 11 is 0. The van der Waals surface area contributed by atoms with Crippen molar-refractivity contribution in [2.24, 2.45) is 11.8 Å². The minimum atomic E-state index is 0.155. The Bertz CT molecular complexity index is 170. The normalized spacial score (nSPS) is 16.0. The molecule has 0 aromatic rings. The molecular weight excluding hydrogens is 160 g/mol. The van der Waals surface area contributed by atoms with Gasteiger partial charge in [0.2, 0.25) is 0 Å². The van der Waals surface area contributed by atoms with Crippen LogP contribution in [0.3, 0.4) is 0 Å². The van der Waals surface area contributed by atoms with Gasteiger partial charge in [-0.3, -0.25) is 4.79 Å². The largest absolute Gasteiger partial charge is 0.295 e. The maximum absolute atomic E-state index is 10.7. The zero-order valence-electron chi connectivity index (χ0n) is 9.34. The van der Waals surface area contributed by atoms with Crippen molar-refractivity contribution in [2.75, 3.05) is 0 Å². The average Bonchev–Trinajstić information content (AvgIpc) is 2.11. The topological polar surface area (TPSA) is 17.1 Å². The van der Waals surface area contributed by atoms with E-state index in [0.717, 1.165) is 12.3 Å². The van der Waals surface area contributed by atoms with Crippen LogP contribution in [-0.2, 0) is 4.79 Å². The summed E-state index contributed by atoms with van der Waals surface area (Å²) < 4.78 is 0. The molecule has 2 unspecified atom stereocenters. The number of hydrogen-bond donors (Lipinski definition) is 0. The lowest BCUT2D eigenvalue weighted by atomic mass is 9.92. The SMILES string of the molecule is CCC(C)CC(/C=C/C(C)=O)CC. The Labute approximate surface area is 82.2 Å². The Morgan fingerprint density at radius 2 is 1.92 bits per heavy atom. The van der Waals surface area contributed by atoms with Gasteiger partial charge in [0.25, 0.3) is 0 Å². The van der Waals surface area contributed by atoms with E-state index >= 15 is 0 Å². The van der Waals surface area contributed by atoms with E-state index in [0.29, 0.717) is 5.92 Å². The van der Waals surface area contributed by atoms with Crippen LogP contribution in [0.15, 0.2) is 12.2 Å². The molecule has 0 aromatic heterocycles. The van der Waals surface area contributed by atoms with Crippen LogP contribution in [-0.4, -0.2) is 5.78 Å². The van der Waals surface area contributed by atoms with Crippen LogP contribution in [0.1, 0.15) is 47.0 Å². The lowest BCUT2D eigenvalue weighted by molar-refractivity contribution is -0.112. The number of allylic oxidation sites excluding steroid dienone is 2. The predicted octanol–water partition coefficient (Wildman–Crippen LogP) is 3.59. The lowest BCUT2D eigenvalue weighted by Crippen LogP contribution is -2.02. The van der Waals surface area contributed by atoms with Gasteiger partial charge in [0, 0.05) is 0 Å². The summed E-state index contributed by atoms with van der Waals surface area (Å²) in [5, 5.41) is 0. The second kappa shape index (κ2) is 6.88. The lowest BCUT2D eigenvalue weighted by Gasteiger charge is -2.14. The van der Waals surface area contributed by atoms with Gasteiger partial charge in [-0.25, -0.2) is 0 Å². The zero-order valence-corrected chi connectivity index (χ0v) is 9.34. The molecule has 0 saturated carbocycles. The summed E-state index contributed by atoms with van der Waals surface area (Å²) in [4.78, 5) is 10.7. The van der Waals surface area contributed by atoms with Gasteiger partial charge in [0.1, 0.15) is 0 Å². The molecular formula is C12H22O. The molecule has 0 spiro atoms. The van der Waals surface area contributed by atoms with Crippen LogP contribution in [0.2, 0.25) is 0 Å². The Morgan fingerprint density at radius 3 is 2.31 bits per heavy atom.